The Bertz CT molecular complexity index is 851. The maximum absolute atomic E-state index is 13.3. The second-order valence-electron chi connectivity index (χ2n) is 6.44. The fourth-order valence-corrected chi connectivity index (χ4v) is 2.39. The van der Waals surface area contributed by atoms with Gasteiger partial charge in [-0.3, -0.25) is 4.79 Å². The lowest BCUT2D eigenvalue weighted by Crippen LogP contribution is -2.42. The van der Waals surface area contributed by atoms with E-state index >= 15 is 0 Å². The van der Waals surface area contributed by atoms with Crippen molar-refractivity contribution in [3.63, 3.8) is 0 Å². The first kappa shape index (κ1) is 22.2. The number of carbonyl (C=O) groups excluding carboxylic acids is 1. The average Bonchev–Trinajstić information content (AvgIpc) is 2.67. The number of hydrogen-bond acceptors (Lipinski definition) is 2. The third-order valence-electron chi connectivity index (χ3n) is 3.99. The third kappa shape index (κ3) is 7.10. The van der Waals surface area contributed by atoms with Crippen LogP contribution in [0.4, 0.5) is 17.6 Å². The number of guanidine groups is 1. The van der Waals surface area contributed by atoms with Gasteiger partial charge in [-0.05, 0) is 23.3 Å². The van der Waals surface area contributed by atoms with Crippen LogP contribution in [0.3, 0.4) is 0 Å². The van der Waals surface area contributed by atoms with Crippen LogP contribution in [-0.4, -0.2) is 37.4 Å². The molecular formula is C20H22F4N4O. The predicted octanol–water partition coefficient (Wildman–Crippen LogP) is 3.17. The summed E-state index contributed by atoms with van der Waals surface area (Å²) >= 11 is 0. The SMILES string of the molecule is CN(C)C(=O)CNC(=NCc1ccccc1)NCc1ccc(F)cc1C(F)(F)F. The molecule has 5 nitrogen and oxygen atoms in total. The summed E-state index contributed by atoms with van der Waals surface area (Å²) in [4.78, 5) is 17.5. The molecule has 0 aliphatic heterocycles. The molecule has 0 saturated carbocycles. The normalized spacial score (nSPS) is 11.9. The highest BCUT2D eigenvalue weighted by atomic mass is 19.4. The zero-order chi connectivity index (χ0) is 21.4. The molecular weight excluding hydrogens is 388 g/mol. The zero-order valence-electron chi connectivity index (χ0n) is 16.1. The van der Waals surface area contributed by atoms with Crippen LogP contribution < -0.4 is 10.6 Å². The molecule has 0 atom stereocenters. The smallest absolute Gasteiger partial charge is 0.352 e. The first-order chi connectivity index (χ1) is 13.7. The Balaban J connectivity index is 2.16. The maximum Gasteiger partial charge on any atom is 0.416 e. The summed E-state index contributed by atoms with van der Waals surface area (Å²) in [7, 11) is 3.18. The number of halogens is 4. The van der Waals surface area contributed by atoms with Gasteiger partial charge in [0.05, 0.1) is 18.7 Å². The van der Waals surface area contributed by atoms with Gasteiger partial charge in [0.25, 0.3) is 0 Å². The van der Waals surface area contributed by atoms with Gasteiger partial charge in [-0.1, -0.05) is 36.4 Å². The molecule has 0 aromatic heterocycles. The molecule has 2 N–H and O–H groups in total. The molecule has 2 aromatic rings. The molecule has 156 valence electrons. The summed E-state index contributed by atoms with van der Waals surface area (Å²) in [5.74, 6) is -1.02. The van der Waals surface area contributed by atoms with Gasteiger partial charge in [-0.25, -0.2) is 9.38 Å². The molecule has 9 heteroatoms. The number of hydrogen-bond donors (Lipinski definition) is 2. The molecule has 0 fully saturated rings. The van der Waals surface area contributed by atoms with Crippen molar-refractivity contribution in [2.75, 3.05) is 20.6 Å². The molecule has 0 heterocycles. The number of aliphatic imine (C=N–C) groups is 1. The molecule has 0 radical (unpaired) electrons. The summed E-state index contributed by atoms with van der Waals surface area (Å²) in [6.45, 7) is -0.0586. The molecule has 29 heavy (non-hydrogen) atoms. The summed E-state index contributed by atoms with van der Waals surface area (Å²) in [5.41, 5.74) is -0.297. The molecule has 0 unspecified atom stereocenters. The number of nitrogens with one attached hydrogen (secondary N) is 2. The average molecular weight is 410 g/mol. The first-order valence-corrected chi connectivity index (χ1v) is 8.78. The minimum Gasteiger partial charge on any atom is -0.352 e. The fourth-order valence-electron chi connectivity index (χ4n) is 2.39. The van der Waals surface area contributed by atoms with E-state index in [2.05, 4.69) is 15.6 Å². The molecule has 0 aliphatic rings. The zero-order valence-corrected chi connectivity index (χ0v) is 16.1. The van der Waals surface area contributed by atoms with E-state index in [9.17, 15) is 22.4 Å². The van der Waals surface area contributed by atoms with Crippen LogP contribution in [0.1, 0.15) is 16.7 Å². The second-order valence-corrected chi connectivity index (χ2v) is 6.44. The molecule has 2 aromatic carbocycles. The number of alkyl halides is 3. The van der Waals surface area contributed by atoms with E-state index in [-0.39, 0.29) is 37.1 Å². The van der Waals surface area contributed by atoms with Crippen LogP contribution in [0, 0.1) is 5.82 Å². The fraction of sp³-hybridized carbons (Fsp3) is 0.300. The third-order valence-corrected chi connectivity index (χ3v) is 3.99. The molecule has 0 aliphatic carbocycles. The molecule has 0 bridgehead atoms. The quantitative estimate of drug-likeness (QED) is 0.437. The van der Waals surface area contributed by atoms with Crippen LogP contribution in [-0.2, 0) is 24.1 Å². The number of benzene rings is 2. The highest BCUT2D eigenvalue weighted by molar-refractivity contribution is 5.86. The number of carbonyl (C=O) groups is 1. The van der Waals surface area contributed by atoms with Crippen LogP contribution in [0.5, 0.6) is 0 Å². The first-order valence-electron chi connectivity index (χ1n) is 8.78. The minimum absolute atomic E-state index is 0.0802. The lowest BCUT2D eigenvalue weighted by Gasteiger charge is -2.17. The van der Waals surface area contributed by atoms with Crippen molar-refractivity contribution in [3.05, 3.63) is 71.0 Å². The predicted molar refractivity (Wildman–Crippen MR) is 103 cm³/mol. The number of likely N-dealkylation sites (N-methyl/N-ethyl adjacent to an activating group) is 1. The van der Waals surface area contributed by atoms with Crippen LogP contribution >= 0.6 is 0 Å². The number of rotatable bonds is 6. The van der Waals surface area contributed by atoms with Crippen molar-refractivity contribution in [2.45, 2.75) is 19.3 Å². The van der Waals surface area contributed by atoms with Crippen molar-refractivity contribution in [1.82, 2.24) is 15.5 Å². The Labute approximate surface area is 166 Å². The van der Waals surface area contributed by atoms with Gasteiger partial charge in [0, 0.05) is 20.6 Å². The van der Waals surface area contributed by atoms with E-state index in [0.717, 1.165) is 17.7 Å². The summed E-state index contributed by atoms with van der Waals surface area (Å²) in [6.07, 6.45) is -4.69. The standard InChI is InChI=1S/C20H22F4N4O/c1-28(2)18(29)13-27-19(25-11-14-6-4-3-5-7-14)26-12-15-8-9-16(21)10-17(15)20(22,23)24/h3-10H,11-13H2,1-2H3,(H2,25,26,27). The largest absolute Gasteiger partial charge is 0.416 e. The molecule has 1 amide bonds. The number of amides is 1. The van der Waals surface area contributed by atoms with Crippen molar-refractivity contribution in [2.24, 2.45) is 4.99 Å². The minimum atomic E-state index is -4.69. The van der Waals surface area contributed by atoms with Crippen molar-refractivity contribution >= 4 is 11.9 Å². The van der Waals surface area contributed by atoms with Crippen LogP contribution in [0.2, 0.25) is 0 Å². The topological polar surface area (TPSA) is 56.7 Å². The highest BCUT2D eigenvalue weighted by Crippen LogP contribution is 2.32. The Morgan fingerprint density at radius 1 is 1.07 bits per heavy atom. The highest BCUT2D eigenvalue weighted by Gasteiger charge is 2.33. The Morgan fingerprint density at radius 2 is 1.76 bits per heavy atom. The van der Waals surface area contributed by atoms with Crippen LogP contribution in [0.25, 0.3) is 0 Å². The van der Waals surface area contributed by atoms with Gasteiger partial charge in [0.1, 0.15) is 5.82 Å². The lowest BCUT2D eigenvalue weighted by atomic mass is 10.1. The van der Waals surface area contributed by atoms with Crippen molar-refractivity contribution in [3.8, 4) is 0 Å². The van der Waals surface area contributed by atoms with E-state index < -0.39 is 17.6 Å². The van der Waals surface area contributed by atoms with Gasteiger partial charge in [0.2, 0.25) is 5.91 Å². The Kier molecular flexibility index (Phi) is 7.58. The van der Waals surface area contributed by atoms with Gasteiger partial charge >= 0.3 is 6.18 Å². The Morgan fingerprint density at radius 3 is 2.38 bits per heavy atom. The molecule has 0 saturated heterocycles. The maximum atomic E-state index is 13.3. The summed E-state index contributed by atoms with van der Waals surface area (Å²) < 4.78 is 52.8. The monoisotopic (exact) mass is 410 g/mol. The van der Waals surface area contributed by atoms with E-state index in [1.54, 1.807) is 14.1 Å². The second kappa shape index (κ2) is 9.90. The van der Waals surface area contributed by atoms with Gasteiger partial charge in [-0.15, -0.1) is 0 Å². The van der Waals surface area contributed by atoms with E-state index in [1.165, 1.54) is 4.90 Å². The number of nitrogens with zero attached hydrogens (tertiary/aromatic N) is 2. The van der Waals surface area contributed by atoms with Crippen molar-refractivity contribution < 1.29 is 22.4 Å². The van der Waals surface area contributed by atoms with E-state index in [1.807, 2.05) is 30.3 Å². The van der Waals surface area contributed by atoms with Gasteiger partial charge in [-0.2, -0.15) is 13.2 Å². The molecule has 0 spiro atoms. The van der Waals surface area contributed by atoms with Gasteiger partial charge < -0.3 is 15.5 Å². The Hall–Kier alpha value is -3.10. The lowest BCUT2D eigenvalue weighted by molar-refractivity contribution is -0.138. The van der Waals surface area contributed by atoms with Crippen LogP contribution in [0.15, 0.2) is 53.5 Å². The summed E-state index contributed by atoms with van der Waals surface area (Å²) in [5, 5.41) is 5.58. The van der Waals surface area contributed by atoms with Gasteiger partial charge in [0.15, 0.2) is 5.96 Å². The van der Waals surface area contributed by atoms with Crippen molar-refractivity contribution in [1.29, 1.82) is 0 Å². The van der Waals surface area contributed by atoms with E-state index in [0.29, 0.717) is 6.07 Å². The van der Waals surface area contributed by atoms with E-state index in [4.69, 9.17) is 0 Å². The summed E-state index contributed by atoms with van der Waals surface area (Å²) in [6, 6.07) is 11.8. The molecule has 2 rings (SSSR count).